The summed E-state index contributed by atoms with van der Waals surface area (Å²) in [5.74, 6) is 0.940. The van der Waals surface area contributed by atoms with E-state index in [1.165, 1.54) is 5.69 Å². The van der Waals surface area contributed by atoms with Crippen LogP contribution in [0.3, 0.4) is 0 Å². The van der Waals surface area contributed by atoms with E-state index in [0.29, 0.717) is 18.6 Å². The Labute approximate surface area is 116 Å². The highest BCUT2D eigenvalue weighted by Crippen LogP contribution is 2.29. The normalized spacial score (nSPS) is 25.2. The van der Waals surface area contributed by atoms with Gasteiger partial charge in [-0.25, -0.2) is 0 Å². The van der Waals surface area contributed by atoms with Gasteiger partial charge in [0.15, 0.2) is 0 Å². The van der Waals surface area contributed by atoms with Crippen molar-refractivity contribution in [1.82, 2.24) is 4.90 Å². The van der Waals surface area contributed by atoms with E-state index in [2.05, 4.69) is 35.9 Å². The molecular formula is C15H25N3O. The third-order valence-corrected chi connectivity index (χ3v) is 4.22. The minimum absolute atomic E-state index is 0.391. The third kappa shape index (κ3) is 3.01. The molecule has 1 saturated heterocycles. The quantitative estimate of drug-likeness (QED) is 0.898. The first-order valence-electron chi connectivity index (χ1n) is 6.97. The van der Waals surface area contributed by atoms with Crippen LogP contribution in [0.25, 0.3) is 0 Å². The molecule has 2 rings (SSSR count). The van der Waals surface area contributed by atoms with Crippen molar-refractivity contribution in [3.8, 4) is 5.75 Å². The van der Waals surface area contributed by atoms with Gasteiger partial charge >= 0.3 is 0 Å². The van der Waals surface area contributed by atoms with Gasteiger partial charge in [0, 0.05) is 31.7 Å². The highest BCUT2D eigenvalue weighted by Gasteiger charge is 2.26. The summed E-state index contributed by atoms with van der Waals surface area (Å²) in [7, 11) is 3.90. The monoisotopic (exact) mass is 263 g/mol. The van der Waals surface area contributed by atoms with Crippen molar-refractivity contribution in [2.24, 2.45) is 5.73 Å². The molecule has 0 amide bonds. The van der Waals surface area contributed by atoms with Crippen LogP contribution in [0.2, 0.25) is 0 Å². The molecule has 4 nitrogen and oxygen atoms in total. The van der Waals surface area contributed by atoms with Gasteiger partial charge in [0.2, 0.25) is 0 Å². The largest absolute Gasteiger partial charge is 0.495 e. The van der Waals surface area contributed by atoms with Crippen molar-refractivity contribution < 1.29 is 4.74 Å². The number of anilines is 1. The van der Waals surface area contributed by atoms with E-state index in [0.717, 1.165) is 25.3 Å². The van der Waals surface area contributed by atoms with Gasteiger partial charge in [0.1, 0.15) is 5.75 Å². The maximum absolute atomic E-state index is 5.94. The van der Waals surface area contributed by atoms with Gasteiger partial charge in [-0.1, -0.05) is 12.1 Å². The Bertz CT molecular complexity index is 410. The summed E-state index contributed by atoms with van der Waals surface area (Å²) in [6.45, 7) is 4.96. The second-order valence-electron chi connectivity index (χ2n) is 5.31. The van der Waals surface area contributed by atoms with Crippen LogP contribution in [0.4, 0.5) is 5.69 Å². The lowest BCUT2D eigenvalue weighted by Crippen LogP contribution is -2.46. The molecule has 19 heavy (non-hydrogen) atoms. The Morgan fingerprint density at radius 2 is 2.11 bits per heavy atom. The molecule has 2 N–H and O–H groups in total. The second-order valence-corrected chi connectivity index (χ2v) is 5.31. The van der Waals surface area contributed by atoms with Crippen LogP contribution in [-0.4, -0.2) is 50.8 Å². The van der Waals surface area contributed by atoms with E-state index in [9.17, 15) is 0 Å². The first-order chi connectivity index (χ1) is 9.17. The van der Waals surface area contributed by atoms with Gasteiger partial charge in [0.05, 0.1) is 12.8 Å². The first-order valence-corrected chi connectivity index (χ1v) is 6.97. The molecule has 1 aliphatic heterocycles. The Morgan fingerprint density at radius 3 is 2.79 bits per heavy atom. The zero-order valence-corrected chi connectivity index (χ0v) is 12.2. The van der Waals surface area contributed by atoms with E-state index < -0.39 is 0 Å². The van der Waals surface area contributed by atoms with Crippen LogP contribution in [0.15, 0.2) is 24.3 Å². The SMILES string of the molecule is COc1ccccc1N1CCC(C)N(C)C(CN)C1. The third-order valence-electron chi connectivity index (χ3n) is 4.22. The predicted octanol–water partition coefficient (Wildman–Crippen LogP) is 1.55. The Balaban J connectivity index is 2.24. The fourth-order valence-corrected chi connectivity index (χ4v) is 2.73. The van der Waals surface area contributed by atoms with Crippen LogP contribution in [0.5, 0.6) is 5.75 Å². The summed E-state index contributed by atoms with van der Waals surface area (Å²) >= 11 is 0. The molecule has 4 heteroatoms. The summed E-state index contributed by atoms with van der Waals surface area (Å²) in [4.78, 5) is 4.80. The average Bonchev–Trinajstić information content (AvgIpc) is 2.59. The number of ether oxygens (including phenoxy) is 1. The Hall–Kier alpha value is -1.26. The zero-order chi connectivity index (χ0) is 13.8. The lowest BCUT2D eigenvalue weighted by atomic mass is 10.2. The van der Waals surface area contributed by atoms with Gasteiger partial charge in [-0.05, 0) is 32.5 Å². The summed E-state index contributed by atoms with van der Waals surface area (Å²) in [6.07, 6.45) is 1.14. The maximum atomic E-state index is 5.94. The van der Waals surface area contributed by atoms with E-state index in [1.54, 1.807) is 7.11 Å². The number of methoxy groups -OCH3 is 1. The fourth-order valence-electron chi connectivity index (χ4n) is 2.73. The molecule has 0 bridgehead atoms. The topological polar surface area (TPSA) is 41.7 Å². The predicted molar refractivity (Wildman–Crippen MR) is 79.9 cm³/mol. The highest BCUT2D eigenvalue weighted by atomic mass is 16.5. The van der Waals surface area contributed by atoms with Gasteiger partial charge in [-0.15, -0.1) is 0 Å². The minimum Gasteiger partial charge on any atom is -0.495 e. The number of nitrogens with zero attached hydrogens (tertiary/aromatic N) is 2. The molecule has 0 spiro atoms. The number of benzene rings is 1. The number of rotatable bonds is 3. The Kier molecular flexibility index (Phi) is 4.66. The van der Waals surface area contributed by atoms with Gasteiger partial charge in [0.25, 0.3) is 0 Å². The van der Waals surface area contributed by atoms with Crippen LogP contribution in [0.1, 0.15) is 13.3 Å². The number of para-hydroxylation sites is 2. The number of hydrogen-bond donors (Lipinski definition) is 1. The van der Waals surface area contributed by atoms with E-state index >= 15 is 0 Å². The van der Waals surface area contributed by atoms with Crippen molar-refractivity contribution >= 4 is 5.69 Å². The minimum atomic E-state index is 0.391. The average molecular weight is 263 g/mol. The first kappa shape index (κ1) is 14.2. The smallest absolute Gasteiger partial charge is 0.142 e. The summed E-state index contributed by atoms with van der Waals surface area (Å²) in [5, 5.41) is 0. The van der Waals surface area contributed by atoms with Crippen molar-refractivity contribution in [3.05, 3.63) is 24.3 Å². The molecule has 1 aromatic rings. The van der Waals surface area contributed by atoms with Crippen molar-refractivity contribution in [2.75, 3.05) is 38.7 Å². The number of hydrogen-bond acceptors (Lipinski definition) is 4. The van der Waals surface area contributed by atoms with E-state index in [4.69, 9.17) is 10.5 Å². The highest BCUT2D eigenvalue weighted by molar-refractivity contribution is 5.58. The zero-order valence-electron chi connectivity index (χ0n) is 12.2. The summed E-state index contributed by atoms with van der Waals surface area (Å²) in [6, 6.07) is 9.17. The van der Waals surface area contributed by atoms with Gasteiger partial charge in [-0.2, -0.15) is 0 Å². The summed E-state index contributed by atoms with van der Waals surface area (Å²) in [5.41, 5.74) is 7.11. The molecule has 0 aromatic heterocycles. The molecule has 0 aliphatic carbocycles. The molecule has 0 saturated carbocycles. The Morgan fingerprint density at radius 1 is 1.37 bits per heavy atom. The van der Waals surface area contributed by atoms with Crippen molar-refractivity contribution in [2.45, 2.75) is 25.4 Å². The summed E-state index contributed by atoms with van der Waals surface area (Å²) < 4.78 is 5.48. The molecule has 1 aliphatic rings. The second kappa shape index (κ2) is 6.26. The standard InChI is InChI=1S/C15H25N3O/c1-12-8-9-18(11-13(10-16)17(12)2)14-6-4-5-7-15(14)19-3/h4-7,12-13H,8-11,16H2,1-3H3. The molecule has 1 aromatic carbocycles. The van der Waals surface area contributed by atoms with Crippen LogP contribution in [-0.2, 0) is 0 Å². The lowest BCUT2D eigenvalue weighted by Gasteiger charge is -2.31. The molecule has 1 heterocycles. The van der Waals surface area contributed by atoms with Gasteiger partial charge < -0.3 is 15.4 Å². The van der Waals surface area contributed by atoms with Crippen LogP contribution < -0.4 is 15.4 Å². The molecule has 0 radical (unpaired) electrons. The number of likely N-dealkylation sites (N-methyl/N-ethyl adjacent to an activating group) is 1. The molecule has 1 fully saturated rings. The molecule has 2 atom stereocenters. The van der Waals surface area contributed by atoms with Crippen molar-refractivity contribution in [1.29, 1.82) is 0 Å². The van der Waals surface area contributed by atoms with Crippen molar-refractivity contribution in [3.63, 3.8) is 0 Å². The molecule has 106 valence electrons. The van der Waals surface area contributed by atoms with Crippen LogP contribution >= 0.6 is 0 Å². The van der Waals surface area contributed by atoms with Crippen LogP contribution in [0, 0.1) is 0 Å². The van der Waals surface area contributed by atoms with Gasteiger partial charge in [-0.3, -0.25) is 4.90 Å². The molecular weight excluding hydrogens is 238 g/mol. The van der Waals surface area contributed by atoms with E-state index in [1.807, 2.05) is 12.1 Å². The fraction of sp³-hybridized carbons (Fsp3) is 0.600. The maximum Gasteiger partial charge on any atom is 0.142 e. The molecule has 2 unspecified atom stereocenters. The number of nitrogens with two attached hydrogens (primary N) is 1. The van der Waals surface area contributed by atoms with E-state index in [-0.39, 0.29) is 0 Å². The lowest BCUT2D eigenvalue weighted by molar-refractivity contribution is 0.201.